The highest BCUT2D eigenvalue weighted by Gasteiger charge is 2.28. The minimum Gasteiger partial charge on any atom is -0.497 e. The van der Waals surface area contributed by atoms with E-state index in [0.717, 1.165) is 5.56 Å². The van der Waals surface area contributed by atoms with Gasteiger partial charge < -0.3 is 24.9 Å². The quantitative estimate of drug-likeness (QED) is 0.646. The molecule has 1 heterocycles. The van der Waals surface area contributed by atoms with Gasteiger partial charge in [-0.2, -0.15) is 0 Å². The van der Waals surface area contributed by atoms with Gasteiger partial charge in [0.1, 0.15) is 11.5 Å². The van der Waals surface area contributed by atoms with Crippen molar-refractivity contribution >= 4 is 23.4 Å². The average Bonchev–Trinajstić information content (AvgIpc) is 3.19. The lowest BCUT2D eigenvalue weighted by Crippen LogP contribution is -2.38. The Kier molecular flexibility index (Phi) is 7.05. The van der Waals surface area contributed by atoms with Crippen LogP contribution in [0.2, 0.25) is 5.02 Å². The van der Waals surface area contributed by atoms with Crippen molar-refractivity contribution in [3.8, 4) is 5.75 Å². The van der Waals surface area contributed by atoms with Gasteiger partial charge in [-0.3, -0.25) is 9.59 Å². The maximum Gasteiger partial charge on any atom is 0.286 e. The van der Waals surface area contributed by atoms with E-state index in [2.05, 4.69) is 10.6 Å². The van der Waals surface area contributed by atoms with Crippen molar-refractivity contribution in [1.29, 1.82) is 0 Å². The van der Waals surface area contributed by atoms with Crippen LogP contribution in [0.3, 0.4) is 0 Å². The lowest BCUT2D eigenvalue weighted by molar-refractivity contribution is 0.0864. The van der Waals surface area contributed by atoms with Gasteiger partial charge in [-0.15, -0.1) is 0 Å². The maximum absolute atomic E-state index is 13.0. The Balaban J connectivity index is 1.92. The van der Waals surface area contributed by atoms with Crippen molar-refractivity contribution in [2.75, 3.05) is 14.2 Å². The van der Waals surface area contributed by atoms with E-state index < -0.39 is 5.91 Å². The number of carbonyl (C=O) groups is 2. The molecule has 2 amide bonds. The summed E-state index contributed by atoms with van der Waals surface area (Å²) in [6, 6.07) is 6.75. The van der Waals surface area contributed by atoms with Crippen LogP contribution in [-0.4, -0.2) is 43.2 Å². The zero-order valence-corrected chi connectivity index (χ0v) is 18.1. The third-order valence-corrected chi connectivity index (χ3v) is 5.73. The van der Waals surface area contributed by atoms with Gasteiger partial charge in [0, 0.05) is 30.1 Å². The van der Waals surface area contributed by atoms with Crippen LogP contribution >= 0.6 is 11.6 Å². The summed E-state index contributed by atoms with van der Waals surface area (Å²) < 4.78 is 11.1. The Hall–Kier alpha value is -2.51. The molecule has 3 rings (SSSR count). The molecule has 0 bridgehead atoms. The number of amides is 2. The number of aliphatic hydroxyl groups excluding tert-OH is 1. The molecule has 1 aromatic heterocycles. The molecule has 0 radical (unpaired) electrons. The summed E-state index contributed by atoms with van der Waals surface area (Å²) in [4.78, 5) is 25.2. The molecule has 1 aliphatic carbocycles. The molecule has 0 saturated heterocycles. The van der Waals surface area contributed by atoms with E-state index in [1.807, 2.05) is 13.0 Å². The summed E-state index contributed by atoms with van der Waals surface area (Å²) >= 11 is 6.21. The second-order valence-electron chi connectivity index (χ2n) is 7.59. The number of ether oxygens (including phenoxy) is 1. The third kappa shape index (κ3) is 4.96. The van der Waals surface area contributed by atoms with Crippen molar-refractivity contribution < 1.29 is 23.8 Å². The van der Waals surface area contributed by atoms with E-state index >= 15 is 0 Å². The van der Waals surface area contributed by atoms with Crippen molar-refractivity contribution in [2.45, 2.75) is 50.7 Å². The van der Waals surface area contributed by atoms with Gasteiger partial charge in [0.25, 0.3) is 11.8 Å². The lowest BCUT2D eigenvalue weighted by Gasteiger charge is -2.26. The number of rotatable bonds is 6. The van der Waals surface area contributed by atoms with E-state index in [9.17, 15) is 14.7 Å². The Labute approximate surface area is 180 Å². The van der Waals surface area contributed by atoms with E-state index in [0.29, 0.717) is 47.8 Å². The SMILES string of the molecule is CNC(=O)c1cc(C(=O)NC2CCC(O)CC2)c(C(C)c2cc(Cl)cc(OC)c2)o1. The lowest BCUT2D eigenvalue weighted by atomic mass is 9.92. The van der Waals surface area contributed by atoms with Crippen molar-refractivity contribution in [2.24, 2.45) is 0 Å². The number of aliphatic hydroxyl groups is 1. The van der Waals surface area contributed by atoms with Gasteiger partial charge >= 0.3 is 0 Å². The topological polar surface area (TPSA) is 101 Å². The molecule has 162 valence electrons. The predicted molar refractivity (Wildman–Crippen MR) is 113 cm³/mol. The molecule has 1 saturated carbocycles. The van der Waals surface area contributed by atoms with Gasteiger partial charge in [0.2, 0.25) is 0 Å². The molecule has 1 atom stereocenters. The molecule has 1 fully saturated rings. The molecule has 1 unspecified atom stereocenters. The highest BCUT2D eigenvalue weighted by atomic mass is 35.5. The van der Waals surface area contributed by atoms with Crippen LogP contribution in [0.25, 0.3) is 0 Å². The van der Waals surface area contributed by atoms with Crippen molar-refractivity contribution in [3.63, 3.8) is 0 Å². The zero-order chi connectivity index (χ0) is 21.8. The highest BCUT2D eigenvalue weighted by Crippen LogP contribution is 2.33. The number of carbonyl (C=O) groups excluding carboxylic acids is 2. The van der Waals surface area contributed by atoms with Gasteiger partial charge in [-0.05, 0) is 49.4 Å². The summed E-state index contributed by atoms with van der Waals surface area (Å²) in [6.07, 6.45) is 2.43. The van der Waals surface area contributed by atoms with Crippen molar-refractivity contribution in [1.82, 2.24) is 10.6 Å². The molecule has 1 aromatic carbocycles. The largest absolute Gasteiger partial charge is 0.497 e. The number of hydrogen-bond acceptors (Lipinski definition) is 5. The maximum atomic E-state index is 13.0. The summed E-state index contributed by atoms with van der Waals surface area (Å²) in [5.74, 6) is -0.0129. The molecule has 30 heavy (non-hydrogen) atoms. The predicted octanol–water partition coefficient (Wildman–Crippen LogP) is 3.49. The minimum absolute atomic E-state index is 0.0197. The fourth-order valence-electron chi connectivity index (χ4n) is 3.73. The Morgan fingerprint density at radius 3 is 2.50 bits per heavy atom. The molecular weight excluding hydrogens is 408 g/mol. The molecule has 0 aliphatic heterocycles. The van der Waals surface area contributed by atoms with Gasteiger partial charge in [0.05, 0.1) is 18.8 Å². The average molecular weight is 435 g/mol. The van der Waals surface area contributed by atoms with Crippen LogP contribution in [-0.2, 0) is 0 Å². The first kappa shape index (κ1) is 22.2. The molecule has 0 spiro atoms. The van der Waals surface area contributed by atoms with Crippen LogP contribution in [0.15, 0.2) is 28.7 Å². The second-order valence-corrected chi connectivity index (χ2v) is 8.03. The van der Waals surface area contributed by atoms with E-state index in [4.69, 9.17) is 20.8 Å². The summed E-state index contributed by atoms with van der Waals surface area (Å²) in [7, 11) is 3.06. The second kappa shape index (κ2) is 9.53. The summed E-state index contributed by atoms with van der Waals surface area (Å²) in [5.41, 5.74) is 1.11. The first-order valence-electron chi connectivity index (χ1n) is 10.0. The van der Waals surface area contributed by atoms with Crippen LogP contribution < -0.4 is 15.4 Å². The molecule has 2 aromatic rings. The summed E-state index contributed by atoms with van der Waals surface area (Å²) in [6.45, 7) is 1.88. The smallest absolute Gasteiger partial charge is 0.286 e. The van der Waals surface area contributed by atoms with Gasteiger partial charge in [-0.1, -0.05) is 18.5 Å². The Morgan fingerprint density at radius 2 is 1.87 bits per heavy atom. The monoisotopic (exact) mass is 434 g/mol. The minimum atomic E-state index is -0.410. The molecular formula is C22H27ClN2O5. The number of halogens is 1. The normalized spacial score (nSPS) is 19.8. The first-order chi connectivity index (χ1) is 14.3. The number of benzene rings is 1. The fraction of sp³-hybridized carbons (Fsp3) is 0.455. The van der Waals surface area contributed by atoms with Crippen LogP contribution in [0.5, 0.6) is 5.75 Å². The van der Waals surface area contributed by atoms with Crippen LogP contribution in [0, 0.1) is 0 Å². The molecule has 8 heteroatoms. The van der Waals surface area contributed by atoms with Crippen LogP contribution in [0.4, 0.5) is 0 Å². The van der Waals surface area contributed by atoms with Crippen LogP contribution in [0.1, 0.15) is 70.8 Å². The standard InChI is InChI=1S/C22H27ClN2O5/c1-12(13-8-14(23)10-17(9-13)29-3)20-18(11-19(30-20)22(28)24-2)21(27)25-15-4-6-16(26)7-5-15/h8-12,15-16,26H,4-7H2,1-3H3,(H,24,28)(H,25,27). The Morgan fingerprint density at radius 1 is 1.17 bits per heavy atom. The van der Waals surface area contributed by atoms with E-state index in [1.54, 1.807) is 19.2 Å². The van der Waals surface area contributed by atoms with Gasteiger partial charge in [-0.25, -0.2) is 0 Å². The third-order valence-electron chi connectivity index (χ3n) is 5.51. The fourth-order valence-corrected chi connectivity index (χ4v) is 3.96. The van der Waals surface area contributed by atoms with Gasteiger partial charge in [0.15, 0.2) is 5.76 Å². The number of nitrogens with one attached hydrogen (secondary N) is 2. The van der Waals surface area contributed by atoms with Crippen molar-refractivity contribution in [3.05, 3.63) is 51.9 Å². The number of furan rings is 1. The zero-order valence-electron chi connectivity index (χ0n) is 17.3. The van der Waals surface area contributed by atoms with E-state index in [-0.39, 0.29) is 29.7 Å². The number of hydrogen-bond donors (Lipinski definition) is 3. The Bertz CT molecular complexity index is 918. The summed E-state index contributed by atoms with van der Waals surface area (Å²) in [5, 5.41) is 15.7. The first-order valence-corrected chi connectivity index (χ1v) is 10.4. The molecule has 3 N–H and O–H groups in total. The number of methoxy groups -OCH3 is 1. The molecule has 7 nitrogen and oxygen atoms in total. The molecule has 1 aliphatic rings. The van der Waals surface area contributed by atoms with E-state index in [1.165, 1.54) is 13.1 Å². The highest BCUT2D eigenvalue weighted by molar-refractivity contribution is 6.30.